The largest absolute Gasteiger partial charge is 0.394 e. The molecule has 1 amide bonds. The molecule has 0 bridgehead atoms. The lowest BCUT2D eigenvalue weighted by Gasteiger charge is -2.19. The van der Waals surface area contributed by atoms with Crippen LogP contribution in [0.1, 0.15) is 373 Å². The minimum atomic E-state index is -0.870. The van der Waals surface area contributed by atoms with E-state index in [0.717, 1.165) is 83.5 Å². The van der Waals surface area contributed by atoms with Crippen LogP contribution in [0, 0.1) is 0 Å². The van der Waals surface area contributed by atoms with Gasteiger partial charge in [0.25, 0.3) is 0 Å². The van der Waals surface area contributed by atoms with Gasteiger partial charge >= 0.3 is 0 Å². The molecule has 0 rings (SSSR count). The number of nitrogens with one attached hydrogen (secondary N) is 1. The fourth-order valence-electron chi connectivity index (χ4n) is 11.3. The van der Waals surface area contributed by atoms with Crippen LogP contribution >= 0.6 is 0 Å². The maximum absolute atomic E-state index is 12.6. The van der Waals surface area contributed by atoms with Crippen LogP contribution in [-0.2, 0) is 4.79 Å². The molecule has 0 spiro atoms. The van der Waals surface area contributed by atoms with Gasteiger partial charge in [-0.3, -0.25) is 4.79 Å². The van der Waals surface area contributed by atoms with E-state index in [1.54, 1.807) is 6.08 Å². The van der Waals surface area contributed by atoms with Gasteiger partial charge in [0.15, 0.2) is 0 Å². The smallest absolute Gasteiger partial charge is 0.220 e. The maximum atomic E-state index is 12.6. The zero-order valence-corrected chi connectivity index (χ0v) is 57.3. The van der Waals surface area contributed by atoms with Gasteiger partial charge < -0.3 is 15.5 Å². The Bertz CT molecular complexity index is 1640. The summed E-state index contributed by atoms with van der Waals surface area (Å²) in [6.45, 7) is 4.21. The molecule has 0 aliphatic rings. The van der Waals surface area contributed by atoms with E-state index in [-0.39, 0.29) is 12.5 Å². The molecule has 0 saturated carbocycles. The summed E-state index contributed by atoms with van der Waals surface area (Å²) in [4.78, 5) is 12.6. The third kappa shape index (κ3) is 71.5. The van der Waals surface area contributed by atoms with Crippen LogP contribution in [0.15, 0.2) is 122 Å². The van der Waals surface area contributed by atoms with Gasteiger partial charge in [0.05, 0.1) is 18.8 Å². The van der Waals surface area contributed by atoms with Gasteiger partial charge in [-0.2, -0.15) is 0 Å². The molecular formula is C82H145NO3. The Morgan fingerprint density at radius 1 is 0.291 bits per heavy atom. The minimum absolute atomic E-state index is 0.0724. The van der Waals surface area contributed by atoms with Gasteiger partial charge in [0, 0.05) is 6.42 Å². The van der Waals surface area contributed by atoms with Gasteiger partial charge in [0.2, 0.25) is 5.91 Å². The highest BCUT2D eigenvalue weighted by atomic mass is 16.3. The van der Waals surface area contributed by atoms with Crippen molar-refractivity contribution in [2.75, 3.05) is 6.61 Å². The summed E-state index contributed by atoms with van der Waals surface area (Å²) in [7, 11) is 0. The molecule has 0 radical (unpaired) electrons. The molecule has 0 aromatic carbocycles. The molecule has 2 atom stereocenters. The van der Waals surface area contributed by atoms with Crippen LogP contribution in [-0.4, -0.2) is 34.9 Å². The molecule has 496 valence electrons. The van der Waals surface area contributed by atoms with E-state index in [2.05, 4.69) is 129 Å². The van der Waals surface area contributed by atoms with E-state index >= 15 is 0 Å². The summed E-state index contributed by atoms with van der Waals surface area (Å²) < 4.78 is 0. The second-order valence-corrected chi connectivity index (χ2v) is 25.3. The molecule has 86 heavy (non-hydrogen) atoms. The molecule has 2 unspecified atom stereocenters. The van der Waals surface area contributed by atoms with E-state index < -0.39 is 12.1 Å². The lowest BCUT2D eigenvalue weighted by molar-refractivity contribution is -0.123. The molecule has 3 N–H and O–H groups in total. The Labute approximate surface area is 537 Å². The van der Waals surface area contributed by atoms with Crippen LogP contribution in [0.3, 0.4) is 0 Å². The fraction of sp³-hybridized carbons (Fsp3) is 0.744. The van der Waals surface area contributed by atoms with Crippen molar-refractivity contribution < 1.29 is 15.0 Å². The monoisotopic (exact) mass is 1190 g/mol. The van der Waals surface area contributed by atoms with Gasteiger partial charge in [0.1, 0.15) is 0 Å². The van der Waals surface area contributed by atoms with Crippen molar-refractivity contribution in [3.05, 3.63) is 122 Å². The highest BCUT2D eigenvalue weighted by Gasteiger charge is 2.18. The summed E-state index contributed by atoms with van der Waals surface area (Å²) in [6, 6.07) is -0.647. The molecule has 4 nitrogen and oxygen atoms in total. The third-order valence-electron chi connectivity index (χ3n) is 16.9. The predicted octanol–water partition coefficient (Wildman–Crippen LogP) is 26.3. The van der Waals surface area contributed by atoms with Crippen molar-refractivity contribution in [1.29, 1.82) is 0 Å². The van der Waals surface area contributed by atoms with Gasteiger partial charge in [-0.25, -0.2) is 0 Å². The highest BCUT2D eigenvalue weighted by molar-refractivity contribution is 5.76. The van der Waals surface area contributed by atoms with Crippen molar-refractivity contribution >= 4 is 5.91 Å². The van der Waals surface area contributed by atoms with Crippen LogP contribution in [0.25, 0.3) is 0 Å². The van der Waals surface area contributed by atoms with Crippen molar-refractivity contribution in [3.63, 3.8) is 0 Å². The first-order chi connectivity index (χ1) is 42.7. The molecule has 0 aromatic rings. The number of rotatable bonds is 69. The normalized spacial score (nSPS) is 13.4. The summed E-state index contributed by atoms with van der Waals surface area (Å²) in [5, 5.41) is 23.3. The van der Waals surface area contributed by atoms with E-state index in [9.17, 15) is 15.0 Å². The Morgan fingerprint density at radius 3 is 0.814 bits per heavy atom. The summed E-state index contributed by atoms with van der Waals surface area (Å²) in [5.41, 5.74) is 0. The van der Waals surface area contributed by atoms with Gasteiger partial charge in [-0.15, -0.1) is 0 Å². The number of carbonyl (C=O) groups is 1. The number of allylic oxidation sites excluding steroid dienone is 19. The van der Waals surface area contributed by atoms with E-state index in [1.807, 2.05) is 6.08 Å². The SMILES string of the molecule is CC/C=C\C/C=C\C/C=C\C/C=C\C/C=C\C/C=C\C/C=C\C/C=C\CCCCCCCCCCCCCCCCCCC(=O)NC(CO)C(O)/C=C/CC/C=C/CCCCCCCCCCCCCCCCCCCCCCCCCCCCC. The lowest BCUT2D eigenvalue weighted by atomic mass is 10.0. The number of hydrogen-bond donors (Lipinski definition) is 3. The molecular weight excluding hydrogens is 1050 g/mol. The Morgan fingerprint density at radius 2 is 0.523 bits per heavy atom. The first kappa shape index (κ1) is 82.8. The Hall–Kier alpha value is -3.21. The molecule has 0 aliphatic heterocycles. The zero-order chi connectivity index (χ0) is 61.9. The number of hydrogen-bond acceptors (Lipinski definition) is 3. The van der Waals surface area contributed by atoms with Crippen LogP contribution in [0.5, 0.6) is 0 Å². The Kier molecular flexibility index (Phi) is 73.2. The highest BCUT2D eigenvalue weighted by Crippen LogP contribution is 2.18. The number of unbranched alkanes of at least 4 members (excludes halogenated alkanes) is 44. The van der Waals surface area contributed by atoms with Crippen molar-refractivity contribution in [2.45, 2.75) is 386 Å². The summed E-state index contributed by atoms with van der Waals surface area (Å²) in [5.74, 6) is -0.0724. The number of amides is 1. The second-order valence-electron chi connectivity index (χ2n) is 25.3. The van der Waals surface area contributed by atoms with Crippen LogP contribution < -0.4 is 5.32 Å². The number of carbonyl (C=O) groups excluding carboxylic acids is 1. The summed E-state index contributed by atoms with van der Waals surface area (Å²) in [6.07, 6.45) is 116. The molecule has 0 saturated heterocycles. The van der Waals surface area contributed by atoms with E-state index in [0.29, 0.717) is 6.42 Å². The van der Waals surface area contributed by atoms with Crippen LogP contribution in [0.4, 0.5) is 0 Å². The third-order valence-corrected chi connectivity index (χ3v) is 16.9. The zero-order valence-electron chi connectivity index (χ0n) is 57.3. The average molecular weight is 1190 g/mol. The predicted molar refractivity (Wildman–Crippen MR) is 386 cm³/mol. The average Bonchev–Trinajstić information content (AvgIpc) is 3.59. The van der Waals surface area contributed by atoms with Crippen molar-refractivity contribution in [3.8, 4) is 0 Å². The van der Waals surface area contributed by atoms with Crippen molar-refractivity contribution in [2.24, 2.45) is 0 Å². The van der Waals surface area contributed by atoms with Gasteiger partial charge in [-0.05, 0) is 96.3 Å². The topological polar surface area (TPSA) is 69.6 Å². The first-order valence-electron chi connectivity index (χ1n) is 37.7. The number of aliphatic hydroxyl groups is 2. The quantitative estimate of drug-likeness (QED) is 0.0420. The standard InChI is InChI=1S/C82H145NO3/c1-3-5-7-9-11-13-15-17-19-21-23-25-27-29-31-33-35-37-38-39-40-41-42-43-44-46-48-50-52-54-56-58-60-62-64-66-68-70-72-74-76-78-82(86)83-80(79-84)81(85)77-75-73-71-69-67-65-63-61-59-57-55-53-51-49-47-45-36-34-32-30-28-26-24-22-20-18-16-14-12-10-8-6-4-2/h5,7,11,13,17,19,23,25,29,31,35,37,39-40,42-43,67,69,75,77,80-81,84-85H,3-4,6,8-10,12,14-16,18,20-22,24,26-28,30,32-34,36,38,41,44-66,68,70-74,76,78-79H2,1-2H3,(H,83,86)/b7-5-,13-11-,19-17-,25-23-,31-29-,37-35-,40-39-,43-42-,69-67+,77-75+. The maximum Gasteiger partial charge on any atom is 0.220 e. The fourth-order valence-corrected chi connectivity index (χ4v) is 11.3. The molecule has 0 heterocycles. The number of aliphatic hydroxyl groups excluding tert-OH is 2. The molecule has 4 heteroatoms. The Balaban J connectivity index is 3.50. The minimum Gasteiger partial charge on any atom is -0.394 e. The van der Waals surface area contributed by atoms with Gasteiger partial charge in [-0.1, -0.05) is 392 Å². The van der Waals surface area contributed by atoms with E-state index in [4.69, 9.17) is 0 Å². The van der Waals surface area contributed by atoms with E-state index in [1.165, 1.54) is 270 Å². The second kappa shape index (κ2) is 76.0. The molecule has 0 aliphatic carbocycles. The van der Waals surface area contributed by atoms with Crippen molar-refractivity contribution in [1.82, 2.24) is 5.32 Å². The van der Waals surface area contributed by atoms with Crippen LogP contribution in [0.2, 0.25) is 0 Å². The molecule has 0 aromatic heterocycles. The first-order valence-corrected chi connectivity index (χ1v) is 37.7. The summed E-state index contributed by atoms with van der Waals surface area (Å²) >= 11 is 0. The molecule has 0 fully saturated rings. The lowest BCUT2D eigenvalue weighted by Crippen LogP contribution is -2.45.